The Bertz CT molecular complexity index is 825. The Kier molecular flexibility index (Phi) is 18.6. The molecule has 0 heterocycles. The van der Waals surface area contributed by atoms with Crippen LogP contribution in [0.2, 0.25) is 0 Å². The Balaban J connectivity index is 0. The van der Waals surface area contributed by atoms with Crippen LogP contribution in [0.1, 0.15) is 58.8 Å². The highest BCUT2D eigenvalue weighted by Gasteiger charge is 2.07. The minimum absolute atomic E-state index is 0.00463. The lowest BCUT2D eigenvalue weighted by Gasteiger charge is -2.08. The van der Waals surface area contributed by atoms with Gasteiger partial charge in [-0.25, -0.2) is 0 Å². The zero-order chi connectivity index (χ0) is 23.4. The molecule has 3 rings (SSSR count). The summed E-state index contributed by atoms with van der Waals surface area (Å²) in [7, 11) is 1.60. The Morgan fingerprint density at radius 2 is 1.13 bits per heavy atom. The Labute approximate surface area is 182 Å². The van der Waals surface area contributed by atoms with E-state index in [-0.39, 0.29) is 11.8 Å². The summed E-state index contributed by atoms with van der Waals surface area (Å²) < 4.78 is 0. The van der Waals surface area contributed by atoms with Gasteiger partial charge in [0.2, 0.25) is 5.91 Å². The number of anilines is 1. The van der Waals surface area contributed by atoms with Gasteiger partial charge in [-0.15, -0.1) is 0 Å². The molecule has 0 spiro atoms. The highest BCUT2D eigenvalue weighted by atomic mass is 16.2. The zero-order valence-electron chi connectivity index (χ0n) is 19.7. The summed E-state index contributed by atoms with van der Waals surface area (Å²) in [6.45, 7) is 13.5. The minimum Gasteiger partial charge on any atom is -0.359 e. The molecule has 2 N–H and O–H groups in total. The lowest BCUT2D eigenvalue weighted by atomic mass is 10.1. The first-order valence-electron chi connectivity index (χ1n) is 10.6. The minimum atomic E-state index is -0.0862. The number of carbonyl (C=O) groups excluding carboxylic acids is 2. The van der Waals surface area contributed by atoms with E-state index in [0.29, 0.717) is 5.56 Å². The van der Waals surface area contributed by atoms with Crippen LogP contribution in [-0.2, 0) is 4.79 Å². The topological polar surface area (TPSA) is 58.2 Å². The van der Waals surface area contributed by atoms with Gasteiger partial charge in [-0.05, 0) is 23.6 Å². The number of amides is 2. The number of rotatable bonds is 2. The lowest BCUT2D eigenvalue weighted by Crippen LogP contribution is -2.11. The molecule has 2 amide bonds. The number of benzene rings is 3. The molecule has 0 radical (unpaired) electrons. The summed E-state index contributed by atoms with van der Waals surface area (Å²) in [5.41, 5.74) is 1.50. The summed E-state index contributed by atoms with van der Waals surface area (Å²) in [6, 6.07) is 23.1. The average molecular weight is 411 g/mol. The van der Waals surface area contributed by atoms with Crippen LogP contribution < -0.4 is 10.6 Å². The molecular formula is C26H38N2O2. The van der Waals surface area contributed by atoms with Crippen molar-refractivity contribution in [3.8, 4) is 0 Å². The van der Waals surface area contributed by atoms with Crippen molar-refractivity contribution >= 4 is 28.3 Å². The van der Waals surface area contributed by atoms with Crippen LogP contribution in [0, 0.1) is 0 Å². The van der Waals surface area contributed by atoms with Crippen molar-refractivity contribution < 1.29 is 9.59 Å². The lowest BCUT2D eigenvalue weighted by molar-refractivity contribution is -0.118. The fourth-order valence-electron chi connectivity index (χ4n) is 2.12. The van der Waals surface area contributed by atoms with Crippen LogP contribution >= 0.6 is 0 Å². The molecule has 0 aliphatic carbocycles. The van der Waals surface area contributed by atoms with Crippen molar-refractivity contribution in [2.75, 3.05) is 12.4 Å². The molecule has 30 heavy (non-hydrogen) atoms. The maximum absolute atomic E-state index is 12.1. The molecule has 0 aliphatic rings. The summed E-state index contributed by atoms with van der Waals surface area (Å²) in [4.78, 5) is 21.8. The Hall–Kier alpha value is -3.14. The third-order valence-corrected chi connectivity index (χ3v) is 3.43. The van der Waals surface area contributed by atoms with E-state index < -0.39 is 0 Å². The standard InChI is InChI=1S/C17H13NO.C3H7NO.3C2H6/c19-17(14-8-2-1-3-9-14)18-16-12-6-10-13-7-4-5-11-15(13)16;1-3(5)4-2;3*1-2/h1-12H,(H,18,19);1-2H3,(H,4,5);3*1-2H3. The summed E-state index contributed by atoms with van der Waals surface area (Å²) in [5, 5.41) is 7.52. The highest BCUT2D eigenvalue weighted by Crippen LogP contribution is 2.23. The quantitative estimate of drug-likeness (QED) is 0.481. The van der Waals surface area contributed by atoms with Gasteiger partial charge in [-0.1, -0.05) is 96.1 Å². The molecular weight excluding hydrogens is 372 g/mol. The van der Waals surface area contributed by atoms with E-state index >= 15 is 0 Å². The van der Waals surface area contributed by atoms with E-state index in [4.69, 9.17) is 0 Å². The van der Waals surface area contributed by atoms with Crippen LogP contribution in [0.15, 0.2) is 72.8 Å². The fraction of sp³-hybridized carbons (Fsp3) is 0.308. The highest BCUT2D eigenvalue weighted by molar-refractivity contribution is 6.09. The second-order valence-corrected chi connectivity index (χ2v) is 5.15. The van der Waals surface area contributed by atoms with Crippen LogP contribution in [0.3, 0.4) is 0 Å². The molecule has 4 heteroatoms. The van der Waals surface area contributed by atoms with Gasteiger partial charge in [0.15, 0.2) is 0 Å². The summed E-state index contributed by atoms with van der Waals surface area (Å²) >= 11 is 0. The largest absolute Gasteiger partial charge is 0.359 e. The van der Waals surface area contributed by atoms with Crippen molar-refractivity contribution in [1.29, 1.82) is 0 Å². The van der Waals surface area contributed by atoms with Gasteiger partial charge in [0, 0.05) is 30.6 Å². The van der Waals surface area contributed by atoms with Gasteiger partial charge in [0.1, 0.15) is 0 Å². The summed E-state index contributed by atoms with van der Waals surface area (Å²) in [6.07, 6.45) is 0. The Morgan fingerprint density at radius 1 is 0.667 bits per heavy atom. The van der Waals surface area contributed by atoms with Crippen molar-refractivity contribution in [2.45, 2.75) is 48.5 Å². The third kappa shape index (κ3) is 11.0. The van der Waals surface area contributed by atoms with E-state index in [1.54, 1.807) is 19.2 Å². The predicted molar refractivity (Wildman–Crippen MR) is 132 cm³/mol. The monoisotopic (exact) mass is 410 g/mol. The van der Waals surface area contributed by atoms with Crippen molar-refractivity contribution in [1.82, 2.24) is 5.32 Å². The van der Waals surface area contributed by atoms with Gasteiger partial charge in [0.05, 0.1) is 0 Å². The number of fused-ring (bicyclic) bond motifs is 1. The second-order valence-electron chi connectivity index (χ2n) is 5.15. The van der Waals surface area contributed by atoms with Crippen molar-refractivity contribution in [2.24, 2.45) is 0 Å². The SMILES string of the molecule is CC.CC.CC.CNC(C)=O.O=C(Nc1cccc2ccccc12)c1ccccc1. The molecule has 0 aromatic heterocycles. The molecule has 0 saturated carbocycles. The van der Waals surface area contributed by atoms with E-state index in [9.17, 15) is 9.59 Å². The van der Waals surface area contributed by atoms with Gasteiger partial charge in [-0.3, -0.25) is 9.59 Å². The molecule has 3 aromatic rings. The molecule has 3 aromatic carbocycles. The molecule has 0 bridgehead atoms. The number of hydrogen-bond donors (Lipinski definition) is 2. The van der Waals surface area contributed by atoms with Crippen LogP contribution in [0.4, 0.5) is 5.69 Å². The molecule has 0 unspecified atom stereocenters. The van der Waals surface area contributed by atoms with Crippen molar-refractivity contribution in [3.05, 3.63) is 78.4 Å². The first-order valence-corrected chi connectivity index (χ1v) is 10.6. The number of hydrogen-bond acceptors (Lipinski definition) is 2. The molecule has 4 nitrogen and oxygen atoms in total. The Morgan fingerprint density at radius 3 is 1.67 bits per heavy atom. The van der Waals surface area contributed by atoms with Crippen LogP contribution in [-0.4, -0.2) is 18.9 Å². The smallest absolute Gasteiger partial charge is 0.255 e. The second kappa shape index (κ2) is 19.2. The number of nitrogens with one attached hydrogen (secondary N) is 2. The van der Waals surface area contributed by atoms with Crippen LogP contribution in [0.5, 0.6) is 0 Å². The van der Waals surface area contributed by atoms with Gasteiger partial charge in [0.25, 0.3) is 5.91 Å². The number of carbonyl (C=O) groups is 2. The normalized spacial score (nSPS) is 8.27. The van der Waals surface area contributed by atoms with Gasteiger partial charge in [-0.2, -0.15) is 0 Å². The fourth-order valence-corrected chi connectivity index (χ4v) is 2.12. The van der Waals surface area contributed by atoms with E-state index in [2.05, 4.69) is 10.6 Å². The van der Waals surface area contributed by atoms with E-state index in [1.807, 2.05) is 102 Å². The third-order valence-electron chi connectivity index (χ3n) is 3.43. The molecule has 164 valence electrons. The zero-order valence-corrected chi connectivity index (χ0v) is 19.7. The first kappa shape index (κ1) is 29.1. The van der Waals surface area contributed by atoms with Crippen molar-refractivity contribution in [3.63, 3.8) is 0 Å². The van der Waals surface area contributed by atoms with Gasteiger partial charge >= 0.3 is 0 Å². The first-order chi connectivity index (χ1) is 14.6. The summed E-state index contributed by atoms with van der Waals surface area (Å²) in [5.74, 6) is -0.0815. The predicted octanol–water partition coefficient (Wildman–Crippen LogP) is 6.92. The molecule has 0 saturated heterocycles. The van der Waals surface area contributed by atoms with E-state index in [0.717, 1.165) is 16.5 Å². The van der Waals surface area contributed by atoms with E-state index in [1.165, 1.54) is 6.92 Å². The molecule has 0 aliphatic heterocycles. The van der Waals surface area contributed by atoms with Crippen LogP contribution in [0.25, 0.3) is 10.8 Å². The average Bonchev–Trinajstić information content (AvgIpc) is 2.84. The molecule has 0 fully saturated rings. The maximum Gasteiger partial charge on any atom is 0.255 e. The van der Waals surface area contributed by atoms with Gasteiger partial charge < -0.3 is 10.6 Å². The molecule has 0 atom stereocenters. The maximum atomic E-state index is 12.1.